The Morgan fingerprint density at radius 3 is 1.66 bits per heavy atom. The van der Waals surface area contributed by atoms with Crippen LogP contribution in [0.5, 0.6) is 11.5 Å². The molecule has 0 radical (unpaired) electrons. The average Bonchev–Trinajstić information content (AvgIpc) is 1.51. The summed E-state index contributed by atoms with van der Waals surface area (Å²) in [5.41, 5.74) is 10.2. The van der Waals surface area contributed by atoms with Gasteiger partial charge < -0.3 is 28.7 Å². The highest BCUT2D eigenvalue weighted by atomic mass is 35.5. The minimum atomic E-state index is -4.04. The summed E-state index contributed by atoms with van der Waals surface area (Å²) in [6.07, 6.45) is 24.5. The number of sulfonamides is 1. The van der Waals surface area contributed by atoms with Gasteiger partial charge in [0.25, 0.3) is 36.2 Å². The van der Waals surface area contributed by atoms with Gasteiger partial charge in [0.15, 0.2) is 11.4 Å². The number of aromatic nitrogens is 5. The van der Waals surface area contributed by atoms with Crippen molar-refractivity contribution in [2.45, 2.75) is 148 Å². The molecule has 0 spiro atoms. The van der Waals surface area contributed by atoms with Gasteiger partial charge in [-0.05, 0) is 210 Å². The largest absolute Gasteiger partial charge is 0.506 e. The SMILES string of the molecule is CCC(/C=C1\Sc2ccc(Cl)cc2N1CC)=C\c1sc2ccc(Cl)cc2[n+]1CCCCS(=O)(=O)O.CCC(=Cc1sc2ccc(Cl)cc2[n+]1CC(=O)NS(C)(=O)=O)C=C1Sc2ccc(Cl)cc2N1CCCCS(=O)(=O)O.CCCCCCCCOC(=O)/C(=C\C=C\N(CC)CC)S(=O)Oc1ccccc1.Cc1ccc(O)c(-n2n3c4ccccc4n23)c1. The second-order valence-electron chi connectivity index (χ2n) is 28.5. The Labute approximate surface area is 753 Å². The van der Waals surface area contributed by atoms with Crippen LogP contribution >= 0.6 is 92.6 Å². The Kier molecular flexibility index (Phi) is 35.6. The Morgan fingerprint density at radius 1 is 0.590 bits per heavy atom. The van der Waals surface area contributed by atoms with E-state index >= 15 is 0 Å². The van der Waals surface area contributed by atoms with Gasteiger partial charge in [0.1, 0.15) is 37.6 Å². The van der Waals surface area contributed by atoms with Crippen LogP contribution in [0.2, 0.25) is 20.1 Å². The molecule has 6 heterocycles. The van der Waals surface area contributed by atoms with Crippen molar-refractivity contribution in [2.24, 2.45) is 0 Å². The van der Waals surface area contributed by atoms with Gasteiger partial charge in [-0.15, -0.1) is 14.1 Å². The van der Waals surface area contributed by atoms with E-state index < -0.39 is 53.2 Å². The van der Waals surface area contributed by atoms with Crippen LogP contribution in [0.1, 0.15) is 134 Å². The zero-order chi connectivity index (χ0) is 88.0. The van der Waals surface area contributed by atoms with E-state index in [2.05, 4.69) is 70.4 Å². The van der Waals surface area contributed by atoms with Crippen molar-refractivity contribution in [3.8, 4) is 17.2 Å². The van der Waals surface area contributed by atoms with E-state index in [-0.39, 0.29) is 23.0 Å². The number of allylic oxidation sites excluding steroid dienone is 6. The van der Waals surface area contributed by atoms with Crippen LogP contribution in [0.25, 0.3) is 49.3 Å². The van der Waals surface area contributed by atoms with Crippen molar-refractivity contribution >= 4 is 201 Å². The first-order valence-corrected chi connectivity index (χ1v) is 51.0. The number of para-hydroxylation sites is 3. The predicted octanol–water partition coefficient (Wildman–Crippen LogP) is 20.7. The maximum absolute atomic E-state index is 12.6. The number of unbranched alkanes of at least 4 members (excludes halogenated alkanes) is 7. The van der Waals surface area contributed by atoms with Crippen molar-refractivity contribution < 1.29 is 71.3 Å². The third-order valence-electron chi connectivity index (χ3n) is 19.4. The van der Waals surface area contributed by atoms with Gasteiger partial charge in [0.05, 0.1) is 45.8 Å². The van der Waals surface area contributed by atoms with E-state index in [4.69, 9.17) is 64.4 Å². The Morgan fingerprint density at radius 2 is 1.11 bits per heavy atom. The Balaban J connectivity index is 0.000000177. The van der Waals surface area contributed by atoms with E-state index in [1.807, 2.05) is 150 Å². The molecule has 23 nitrogen and oxygen atoms in total. The molecule has 0 saturated carbocycles. The van der Waals surface area contributed by atoms with Gasteiger partial charge in [0.2, 0.25) is 38.7 Å². The van der Waals surface area contributed by atoms with Crippen LogP contribution in [0.3, 0.4) is 0 Å². The van der Waals surface area contributed by atoms with Crippen LogP contribution < -0.4 is 27.8 Å². The highest BCUT2D eigenvalue weighted by Gasteiger charge is 2.31. The lowest BCUT2D eigenvalue weighted by Gasteiger charge is -2.21. The number of phenolic OH excluding ortho intramolecular Hbond substituents is 1. The summed E-state index contributed by atoms with van der Waals surface area (Å²) < 4.78 is 122. The number of aromatic hydroxyl groups is 1. The van der Waals surface area contributed by atoms with Gasteiger partial charge >= 0.3 is 5.97 Å². The first-order valence-electron chi connectivity index (χ1n) is 40.0. The number of ether oxygens (including phenoxy) is 1. The van der Waals surface area contributed by atoms with Gasteiger partial charge in [0, 0.05) is 86.8 Å². The molecule has 7 aromatic carbocycles. The number of phenols is 1. The molecule has 13 rings (SSSR count). The number of nitrogens with zero attached hydrogens (tertiary/aromatic N) is 8. The number of thioether (sulfide) groups is 2. The number of aryl methyl sites for hydroxylation is 2. The maximum atomic E-state index is 12.6. The molecule has 0 saturated heterocycles. The molecule has 35 heteroatoms. The van der Waals surface area contributed by atoms with Crippen molar-refractivity contribution in [3.63, 3.8) is 0 Å². The lowest BCUT2D eigenvalue weighted by molar-refractivity contribution is -0.669. The van der Waals surface area contributed by atoms with E-state index in [1.165, 1.54) is 63.2 Å². The fourth-order valence-corrected chi connectivity index (χ4v) is 20.8. The second kappa shape index (κ2) is 45.2. The first kappa shape index (κ1) is 96.1. The van der Waals surface area contributed by atoms with Crippen LogP contribution in [-0.4, -0.2) is 125 Å². The highest BCUT2D eigenvalue weighted by Crippen LogP contribution is 2.49. The summed E-state index contributed by atoms with van der Waals surface area (Å²) in [4.78, 5) is 35.7. The van der Waals surface area contributed by atoms with Crippen molar-refractivity contribution in [1.29, 1.82) is 0 Å². The molecule has 4 N–H and O–H groups in total. The molecule has 122 heavy (non-hydrogen) atoms. The lowest BCUT2D eigenvalue weighted by atomic mass is 10.1. The molecule has 652 valence electrons. The van der Waals surface area contributed by atoms with Gasteiger partial charge in [-0.3, -0.25) is 13.9 Å². The van der Waals surface area contributed by atoms with Gasteiger partial charge in [-0.25, -0.2) is 22.1 Å². The zero-order valence-electron chi connectivity index (χ0n) is 68.9. The maximum Gasteiger partial charge on any atom is 0.350 e. The van der Waals surface area contributed by atoms with Crippen LogP contribution in [0.15, 0.2) is 212 Å². The third kappa shape index (κ3) is 27.4. The molecule has 1 atom stereocenters. The molecule has 1 unspecified atom stereocenters. The monoisotopic (exact) mass is 1890 g/mol. The number of thiazole rings is 2. The number of carbonyl (C=O) groups is 2. The number of hydrogen-bond donors (Lipinski definition) is 4. The topological polar surface area (TPSA) is 276 Å². The summed E-state index contributed by atoms with van der Waals surface area (Å²) in [6, 6.07) is 45.4. The number of rotatable bonds is 36. The Hall–Kier alpha value is -8.12. The smallest absolute Gasteiger partial charge is 0.350 e. The van der Waals surface area contributed by atoms with Crippen LogP contribution in [0.4, 0.5) is 11.4 Å². The minimum Gasteiger partial charge on any atom is -0.506 e. The molecular weight excluding hydrogens is 1790 g/mol. The molecule has 0 fully saturated rings. The molecule has 0 bridgehead atoms. The molecule has 11 aromatic rings. The fourth-order valence-electron chi connectivity index (χ4n) is 13.2. The van der Waals surface area contributed by atoms with Crippen LogP contribution in [-0.2, 0) is 68.8 Å². The molecule has 2 aliphatic heterocycles. The first-order chi connectivity index (χ1) is 58.3. The predicted molar refractivity (Wildman–Crippen MR) is 501 cm³/mol. The fraction of sp³-hybridized carbons (Fsp3) is 0.333. The van der Waals surface area contributed by atoms with E-state index in [0.29, 0.717) is 83.9 Å². The van der Waals surface area contributed by atoms with Gasteiger partial charge in [-0.1, -0.05) is 182 Å². The number of nitrogens with one attached hydrogen (secondary N) is 1. The summed E-state index contributed by atoms with van der Waals surface area (Å²) in [5, 5.41) is 16.3. The number of hydrogen-bond acceptors (Lipinski definition) is 19. The number of benzene rings is 7. The zero-order valence-corrected chi connectivity index (χ0v) is 78.5. The molecule has 0 aliphatic carbocycles. The highest BCUT2D eigenvalue weighted by molar-refractivity contribution is 8.04. The molecule has 4 aromatic heterocycles. The number of halogens is 4. The van der Waals surface area contributed by atoms with E-state index in [9.17, 15) is 44.2 Å². The van der Waals surface area contributed by atoms with Gasteiger partial charge in [-0.2, -0.15) is 26.0 Å². The summed E-state index contributed by atoms with van der Waals surface area (Å²) >= 11 is 29.6. The van der Waals surface area contributed by atoms with E-state index in [1.54, 1.807) is 88.0 Å². The van der Waals surface area contributed by atoms with Crippen molar-refractivity contribution in [3.05, 3.63) is 238 Å². The van der Waals surface area contributed by atoms with Crippen LogP contribution in [0, 0.1) is 6.92 Å². The number of anilines is 2. The number of fused-ring (bicyclic) bond motifs is 8. The number of amides is 1. The third-order valence-corrected chi connectivity index (χ3v) is 28.0. The van der Waals surface area contributed by atoms with E-state index in [0.717, 1.165) is 120 Å². The minimum absolute atomic E-state index is 0.00300. The van der Waals surface area contributed by atoms with Crippen molar-refractivity contribution in [1.82, 2.24) is 23.7 Å². The standard InChI is InChI=1S/C26H27Cl2N3O6S4.C25H26Cl2N2O3S3.C23H35NO4S.C13H11N3O/c1-3-17(12-25-30(10-4-5-11-41(35,36)37)20-14-18(27)6-8-22(20)38-25)13-26-31(16-24(32)29-40(2,33)34)21-15-19(28)7-9-23(21)39-26;1-3-17(13-24-28(4-2)20-15-18(26)7-9-22(20)33-24)14-25-29(11-5-6-12-35(30,31)32)21-16-19(27)8-10-23(21)34-25;1-4-7-8-9-10-14-20-27-23(25)22(18-15-19-24(5-2)6-3)29(26)28-21-16-12-11-13-17-21;1-9-6-7-13(17)12(8-9)16-14-10-4-2-3-5-11(10)15(14)16/h6-9,12-15H,3-5,10-11,16H2,1-2H3,(H-,29,32,35,36,37);7-10,13-16H,3-6,11-12H2,1-2H3;11-13,15-19H,4-10,14,20H2,1-3H3;2-8,17H,1H3/p+2/b;;19-15+,22-18+;. The normalized spacial score (nSPS) is 14.2. The quantitative estimate of drug-likeness (QED) is 0.00709. The molecule has 2 aliphatic rings. The molecule has 1 amide bonds. The summed E-state index contributed by atoms with van der Waals surface area (Å²) in [5.74, 6) is -1.07. The lowest BCUT2D eigenvalue weighted by Crippen LogP contribution is -2.45. The summed E-state index contributed by atoms with van der Waals surface area (Å²) in [7, 11) is -11.7. The van der Waals surface area contributed by atoms with Crippen molar-refractivity contribution in [2.75, 3.05) is 60.3 Å². The molecular formula is C87H101Cl4N9O14S8+2. The second-order valence-corrected chi connectivity index (χ2v) is 40.5. The number of esters is 1. The summed E-state index contributed by atoms with van der Waals surface area (Å²) in [6.45, 7) is 18.4. The average molecular weight is 1900 g/mol. The number of carbonyl (C=O) groups excluding carboxylic acids is 2. The Bertz CT molecular complexity index is 6030.